The molecule has 1 aliphatic heterocycles. The van der Waals surface area contributed by atoms with E-state index in [4.69, 9.17) is 0 Å². The summed E-state index contributed by atoms with van der Waals surface area (Å²) in [6.07, 6.45) is 7.07. The number of aryl methyl sites for hydroxylation is 1. The third kappa shape index (κ3) is 1.37. The van der Waals surface area contributed by atoms with Gasteiger partial charge in [0.05, 0.1) is 0 Å². The normalized spacial score (nSPS) is 22.5. The molecule has 1 spiro atoms. The van der Waals surface area contributed by atoms with Crippen molar-refractivity contribution in [2.24, 2.45) is 0 Å². The highest BCUT2D eigenvalue weighted by Crippen LogP contribution is 2.48. The second-order valence-electron chi connectivity index (χ2n) is 5.72. The van der Waals surface area contributed by atoms with Gasteiger partial charge in [0, 0.05) is 24.7 Å². The lowest BCUT2D eigenvalue weighted by Crippen LogP contribution is -2.33. The van der Waals surface area contributed by atoms with E-state index in [2.05, 4.69) is 37.1 Å². The number of rotatable bonds is 0. The van der Waals surface area contributed by atoms with E-state index in [1.165, 1.54) is 49.9 Å². The second-order valence-corrected chi connectivity index (χ2v) is 5.72. The van der Waals surface area contributed by atoms with Crippen LogP contribution in [0.3, 0.4) is 0 Å². The number of hydrogen-bond acceptors (Lipinski definition) is 1. The van der Waals surface area contributed by atoms with Gasteiger partial charge in [0.25, 0.3) is 0 Å². The highest BCUT2D eigenvalue weighted by atomic mass is 15.1. The first-order valence-electron chi connectivity index (χ1n) is 6.54. The maximum absolute atomic E-state index is 2.46. The predicted octanol–water partition coefficient (Wildman–Crippen LogP) is 3.65. The zero-order valence-corrected chi connectivity index (χ0v) is 10.4. The highest BCUT2D eigenvalue weighted by molar-refractivity contribution is 5.63. The van der Waals surface area contributed by atoms with Gasteiger partial charge in [0.15, 0.2) is 0 Å². The molecule has 0 amide bonds. The van der Waals surface area contributed by atoms with Gasteiger partial charge in [-0.2, -0.15) is 0 Å². The molecule has 0 radical (unpaired) electrons. The van der Waals surface area contributed by atoms with Gasteiger partial charge in [-0.1, -0.05) is 37.0 Å². The second kappa shape index (κ2) is 3.51. The average Bonchev–Trinajstić information content (AvgIpc) is 2.53. The van der Waals surface area contributed by atoms with Crippen LogP contribution < -0.4 is 4.90 Å². The fourth-order valence-corrected chi connectivity index (χ4v) is 3.69. The van der Waals surface area contributed by atoms with Crippen LogP contribution in [0.15, 0.2) is 18.2 Å². The molecule has 1 aromatic carbocycles. The molecule has 86 valence electrons. The van der Waals surface area contributed by atoms with E-state index in [0.717, 1.165) is 0 Å². The first-order valence-corrected chi connectivity index (χ1v) is 6.54. The van der Waals surface area contributed by atoms with Crippen molar-refractivity contribution in [3.8, 4) is 0 Å². The van der Waals surface area contributed by atoms with Gasteiger partial charge < -0.3 is 4.90 Å². The van der Waals surface area contributed by atoms with Crippen molar-refractivity contribution in [2.45, 2.75) is 44.4 Å². The number of hydrogen-bond donors (Lipinski definition) is 0. The topological polar surface area (TPSA) is 3.24 Å². The number of nitrogens with zero attached hydrogens (tertiary/aromatic N) is 1. The minimum Gasteiger partial charge on any atom is -0.373 e. The fourth-order valence-electron chi connectivity index (χ4n) is 3.69. The SMILES string of the molecule is Cc1ccc2c(c1)C1(CCCCC1)CN2C. The molecule has 1 heteroatoms. The maximum atomic E-state index is 2.46. The van der Waals surface area contributed by atoms with Crippen molar-refractivity contribution in [1.82, 2.24) is 0 Å². The van der Waals surface area contributed by atoms with E-state index in [1.54, 1.807) is 5.56 Å². The summed E-state index contributed by atoms with van der Waals surface area (Å²) < 4.78 is 0. The lowest BCUT2D eigenvalue weighted by molar-refractivity contribution is 0.312. The molecule has 1 heterocycles. The third-order valence-electron chi connectivity index (χ3n) is 4.49. The van der Waals surface area contributed by atoms with Gasteiger partial charge >= 0.3 is 0 Å². The first-order chi connectivity index (χ1) is 7.71. The summed E-state index contributed by atoms with van der Waals surface area (Å²) in [4.78, 5) is 2.46. The van der Waals surface area contributed by atoms with Gasteiger partial charge in [-0.05, 0) is 31.4 Å². The average molecular weight is 215 g/mol. The van der Waals surface area contributed by atoms with E-state index >= 15 is 0 Å². The van der Waals surface area contributed by atoms with Crippen LogP contribution in [0.25, 0.3) is 0 Å². The number of anilines is 1. The summed E-state index contributed by atoms with van der Waals surface area (Å²) >= 11 is 0. The van der Waals surface area contributed by atoms with E-state index in [1.807, 2.05) is 0 Å². The van der Waals surface area contributed by atoms with Crippen LogP contribution in [0, 0.1) is 6.92 Å². The Morgan fingerprint density at radius 3 is 2.62 bits per heavy atom. The summed E-state index contributed by atoms with van der Waals surface area (Å²) in [5, 5.41) is 0. The third-order valence-corrected chi connectivity index (χ3v) is 4.49. The Labute approximate surface area is 98.5 Å². The van der Waals surface area contributed by atoms with Crippen molar-refractivity contribution in [3.05, 3.63) is 29.3 Å². The Morgan fingerprint density at radius 1 is 1.12 bits per heavy atom. The van der Waals surface area contributed by atoms with Crippen molar-refractivity contribution >= 4 is 5.69 Å². The standard InChI is InChI=1S/C15H21N/c1-12-6-7-14-13(10-12)15(11-16(14)2)8-4-3-5-9-15/h6-7,10H,3-5,8-9,11H2,1-2H3. The summed E-state index contributed by atoms with van der Waals surface area (Å²) in [6, 6.07) is 7.00. The number of likely N-dealkylation sites (N-methyl/N-ethyl adjacent to an activating group) is 1. The van der Waals surface area contributed by atoms with Gasteiger partial charge in [-0.15, -0.1) is 0 Å². The van der Waals surface area contributed by atoms with Crippen molar-refractivity contribution in [2.75, 3.05) is 18.5 Å². The Kier molecular flexibility index (Phi) is 2.24. The monoisotopic (exact) mass is 215 g/mol. The van der Waals surface area contributed by atoms with Crippen LogP contribution in [0.5, 0.6) is 0 Å². The molecule has 0 saturated heterocycles. The Hall–Kier alpha value is -0.980. The van der Waals surface area contributed by atoms with Crippen molar-refractivity contribution in [3.63, 3.8) is 0 Å². The van der Waals surface area contributed by atoms with E-state index < -0.39 is 0 Å². The number of benzene rings is 1. The molecule has 0 aromatic heterocycles. The molecule has 0 bridgehead atoms. The van der Waals surface area contributed by atoms with Gasteiger partial charge in [-0.25, -0.2) is 0 Å². The number of fused-ring (bicyclic) bond motifs is 2. The predicted molar refractivity (Wildman–Crippen MR) is 69.2 cm³/mol. The molecule has 0 N–H and O–H groups in total. The molecule has 2 aliphatic rings. The minimum atomic E-state index is 0.494. The van der Waals surface area contributed by atoms with Crippen molar-refractivity contribution < 1.29 is 0 Å². The first kappa shape index (κ1) is 10.2. The van der Waals surface area contributed by atoms with Crippen LogP contribution in [0.2, 0.25) is 0 Å². The Balaban J connectivity index is 2.09. The zero-order chi connectivity index (χ0) is 11.2. The lowest BCUT2D eigenvalue weighted by atomic mass is 9.70. The molecule has 1 fully saturated rings. The minimum absolute atomic E-state index is 0.494. The molecule has 3 rings (SSSR count). The molecule has 1 aromatic rings. The largest absolute Gasteiger partial charge is 0.373 e. The Bertz CT molecular complexity index is 402. The van der Waals surface area contributed by atoms with Crippen LogP contribution in [0.1, 0.15) is 43.2 Å². The lowest BCUT2D eigenvalue weighted by Gasteiger charge is -2.34. The summed E-state index contributed by atoms with van der Waals surface area (Å²) in [5.74, 6) is 0. The van der Waals surface area contributed by atoms with E-state index in [0.29, 0.717) is 5.41 Å². The van der Waals surface area contributed by atoms with E-state index in [-0.39, 0.29) is 0 Å². The smallest absolute Gasteiger partial charge is 0.0403 e. The quantitative estimate of drug-likeness (QED) is 0.638. The molecule has 0 unspecified atom stereocenters. The van der Waals surface area contributed by atoms with Gasteiger partial charge in [-0.3, -0.25) is 0 Å². The molecular weight excluding hydrogens is 194 g/mol. The van der Waals surface area contributed by atoms with Crippen LogP contribution in [-0.4, -0.2) is 13.6 Å². The summed E-state index contributed by atoms with van der Waals surface area (Å²) in [7, 11) is 2.25. The van der Waals surface area contributed by atoms with Gasteiger partial charge in [0.2, 0.25) is 0 Å². The molecule has 1 aliphatic carbocycles. The molecule has 16 heavy (non-hydrogen) atoms. The Morgan fingerprint density at radius 2 is 1.88 bits per heavy atom. The maximum Gasteiger partial charge on any atom is 0.0403 e. The van der Waals surface area contributed by atoms with E-state index in [9.17, 15) is 0 Å². The van der Waals surface area contributed by atoms with Crippen LogP contribution >= 0.6 is 0 Å². The van der Waals surface area contributed by atoms with Crippen molar-refractivity contribution in [1.29, 1.82) is 0 Å². The molecule has 1 nitrogen and oxygen atoms in total. The molecule has 0 atom stereocenters. The molecular formula is C15H21N. The summed E-state index contributed by atoms with van der Waals surface area (Å²) in [5.41, 5.74) is 5.02. The van der Waals surface area contributed by atoms with Crippen LogP contribution in [0.4, 0.5) is 5.69 Å². The highest BCUT2D eigenvalue weighted by Gasteiger charge is 2.41. The van der Waals surface area contributed by atoms with Crippen LogP contribution in [-0.2, 0) is 5.41 Å². The fraction of sp³-hybridized carbons (Fsp3) is 0.600. The molecule has 1 saturated carbocycles. The summed E-state index contributed by atoms with van der Waals surface area (Å²) in [6.45, 7) is 3.46. The zero-order valence-electron chi connectivity index (χ0n) is 10.4. The van der Waals surface area contributed by atoms with Gasteiger partial charge in [0.1, 0.15) is 0 Å².